The van der Waals surface area contributed by atoms with E-state index < -0.39 is 5.97 Å². The number of thioether (sulfide) groups is 1. The molecule has 0 spiro atoms. The van der Waals surface area contributed by atoms with E-state index >= 15 is 0 Å². The average molecular weight is 217 g/mol. The lowest BCUT2D eigenvalue weighted by Gasteiger charge is -2.00. The van der Waals surface area contributed by atoms with Crippen molar-refractivity contribution >= 4 is 29.1 Å². The van der Waals surface area contributed by atoms with Crippen molar-refractivity contribution in [2.75, 3.05) is 0 Å². The lowest BCUT2D eigenvalue weighted by Crippen LogP contribution is -1.96. The van der Waals surface area contributed by atoms with E-state index in [1.807, 2.05) is 0 Å². The molecule has 1 aromatic rings. The van der Waals surface area contributed by atoms with Crippen LogP contribution < -0.4 is 0 Å². The third kappa shape index (κ3) is 3.36. The van der Waals surface area contributed by atoms with Crippen molar-refractivity contribution in [2.24, 2.45) is 0 Å². The van der Waals surface area contributed by atoms with Crippen LogP contribution in [0.5, 0.6) is 0 Å². The number of nitrogens with zero attached hydrogens (tertiary/aromatic N) is 1. The van der Waals surface area contributed by atoms with Crippen molar-refractivity contribution in [1.82, 2.24) is 4.98 Å². The topological polar surface area (TPSA) is 50.2 Å². The molecule has 1 rings (SSSR count). The van der Waals surface area contributed by atoms with Crippen LogP contribution in [0.2, 0.25) is 0 Å². The molecular weight excluding hydrogens is 206 g/mol. The third-order valence-corrected chi connectivity index (χ3v) is 3.45. The van der Waals surface area contributed by atoms with Crippen LogP contribution in [0.4, 0.5) is 0 Å². The lowest BCUT2D eigenvalue weighted by molar-refractivity contribution is 0.0691. The summed E-state index contributed by atoms with van der Waals surface area (Å²) in [5.41, 5.74) is 0.157. The molecule has 0 saturated carbocycles. The minimum absolute atomic E-state index is 0.157. The number of aromatic carboxylic acids is 1. The molecule has 0 fully saturated rings. The molecule has 0 unspecified atom stereocenters. The zero-order chi connectivity index (χ0) is 9.84. The van der Waals surface area contributed by atoms with Gasteiger partial charge in [-0.1, -0.05) is 13.8 Å². The minimum atomic E-state index is -0.947. The van der Waals surface area contributed by atoms with Gasteiger partial charge in [0.2, 0.25) is 0 Å². The number of hydrogen-bond acceptors (Lipinski definition) is 4. The second-order valence-corrected chi connectivity index (χ2v) is 5.30. The molecule has 0 atom stereocenters. The zero-order valence-corrected chi connectivity index (χ0v) is 9.11. The molecule has 1 heterocycles. The molecule has 0 amide bonds. The van der Waals surface area contributed by atoms with Crippen LogP contribution in [0.25, 0.3) is 0 Å². The predicted octanol–water partition coefficient (Wildman–Crippen LogP) is 2.48. The van der Waals surface area contributed by atoms with Gasteiger partial charge in [0.1, 0.15) is 5.01 Å². The molecule has 0 aliphatic heterocycles. The molecule has 0 saturated heterocycles. The van der Waals surface area contributed by atoms with Gasteiger partial charge in [0, 0.05) is 11.1 Å². The Labute approximate surface area is 85.2 Å². The highest BCUT2D eigenvalue weighted by Gasteiger charge is 2.08. The highest BCUT2D eigenvalue weighted by atomic mass is 32.2. The van der Waals surface area contributed by atoms with Crippen LogP contribution in [0.15, 0.2) is 5.38 Å². The van der Waals surface area contributed by atoms with E-state index in [1.54, 1.807) is 17.1 Å². The quantitative estimate of drug-likeness (QED) is 0.841. The fourth-order valence-electron chi connectivity index (χ4n) is 0.713. The summed E-state index contributed by atoms with van der Waals surface area (Å²) in [6.45, 7) is 4.22. The normalized spacial score (nSPS) is 10.7. The molecule has 1 aromatic heterocycles. The maximum atomic E-state index is 10.5. The SMILES string of the molecule is CC(C)SCc1nc(C(=O)O)cs1. The van der Waals surface area contributed by atoms with E-state index in [4.69, 9.17) is 5.11 Å². The van der Waals surface area contributed by atoms with Gasteiger partial charge in [0.15, 0.2) is 5.69 Å². The van der Waals surface area contributed by atoms with E-state index in [9.17, 15) is 4.79 Å². The molecule has 3 nitrogen and oxygen atoms in total. The van der Waals surface area contributed by atoms with Crippen molar-refractivity contribution < 1.29 is 9.90 Å². The van der Waals surface area contributed by atoms with Crippen LogP contribution in [0.1, 0.15) is 29.3 Å². The maximum absolute atomic E-state index is 10.5. The number of rotatable bonds is 4. The van der Waals surface area contributed by atoms with Crippen LogP contribution in [0, 0.1) is 0 Å². The maximum Gasteiger partial charge on any atom is 0.355 e. The Kier molecular flexibility index (Phi) is 3.74. The first-order valence-corrected chi connectivity index (χ1v) is 5.81. The van der Waals surface area contributed by atoms with Gasteiger partial charge in [0.25, 0.3) is 0 Å². The summed E-state index contributed by atoms with van der Waals surface area (Å²) in [5, 5.41) is 11.6. The summed E-state index contributed by atoms with van der Waals surface area (Å²) >= 11 is 3.17. The van der Waals surface area contributed by atoms with Gasteiger partial charge in [-0.05, 0) is 5.25 Å². The molecule has 0 aliphatic rings. The molecule has 0 aromatic carbocycles. The summed E-state index contributed by atoms with van der Waals surface area (Å²) in [4.78, 5) is 14.5. The van der Waals surface area contributed by atoms with Gasteiger partial charge in [-0.3, -0.25) is 0 Å². The smallest absolute Gasteiger partial charge is 0.355 e. The Morgan fingerprint density at radius 2 is 2.46 bits per heavy atom. The van der Waals surface area contributed by atoms with Gasteiger partial charge in [-0.15, -0.1) is 11.3 Å². The number of hydrogen-bond donors (Lipinski definition) is 1. The first-order chi connectivity index (χ1) is 6.09. The molecular formula is C8H11NO2S2. The molecule has 72 valence electrons. The number of carboxylic acids is 1. The number of carboxylic acid groups (broad SMARTS) is 1. The summed E-state index contributed by atoms with van der Waals surface area (Å²) in [5.74, 6) is -0.146. The average Bonchev–Trinajstić information content (AvgIpc) is 2.48. The van der Waals surface area contributed by atoms with E-state index in [2.05, 4.69) is 18.8 Å². The fourth-order valence-corrected chi connectivity index (χ4v) is 2.28. The molecule has 0 aliphatic carbocycles. The highest BCUT2D eigenvalue weighted by molar-refractivity contribution is 7.99. The van der Waals surface area contributed by atoms with Crippen molar-refractivity contribution in [3.8, 4) is 0 Å². The first kappa shape index (κ1) is 10.5. The Balaban J connectivity index is 2.54. The number of carbonyl (C=O) groups is 1. The van der Waals surface area contributed by atoms with E-state index in [0.29, 0.717) is 5.25 Å². The third-order valence-electron chi connectivity index (χ3n) is 1.31. The van der Waals surface area contributed by atoms with Crippen LogP contribution >= 0.6 is 23.1 Å². The summed E-state index contributed by atoms with van der Waals surface area (Å²) in [7, 11) is 0. The predicted molar refractivity (Wildman–Crippen MR) is 55.5 cm³/mol. The standard InChI is InChI=1S/C8H11NO2S2/c1-5(2)12-4-7-9-6(3-13-7)8(10)11/h3,5H,4H2,1-2H3,(H,10,11). The number of thiazole rings is 1. The summed E-state index contributed by atoms with van der Waals surface area (Å²) in [6.07, 6.45) is 0. The van der Waals surface area contributed by atoms with Crippen molar-refractivity contribution in [1.29, 1.82) is 0 Å². The summed E-state index contributed by atoms with van der Waals surface area (Å²) < 4.78 is 0. The minimum Gasteiger partial charge on any atom is -0.476 e. The highest BCUT2D eigenvalue weighted by Crippen LogP contribution is 2.19. The van der Waals surface area contributed by atoms with Crippen molar-refractivity contribution in [3.63, 3.8) is 0 Å². The largest absolute Gasteiger partial charge is 0.476 e. The van der Waals surface area contributed by atoms with Gasteiger partial charge in [-0.25, -0.2) is 9.78 Å². The molecule has 0 bridgehead atoms. The van der Waals surface area contributed by atoms with E-state index in [0.717, 1.165) is 10.8 Å². The Hall–Kier alpha value is -0.550. The van der Waals surface area contributed by atoms with Crippen LogP contribution in [-0.4, -0.2) is 21.3 Å². The molecule has 13 heavy (non-hydrogen) atoms. The second kappa shape index (κ2) is 4.62. The number of aromatic nitrogens is 1. The molecule has 0 radical (unpaired) electrons. The first-order valence-electron chi connectivity index (χ1n) is 3.89. The van der Waals surface area contributed by atoms with Crippen molar-refractivity contribution in [2.45, 2.75) is 24.9 Å². The Bertz CT molecular complexity index is 296. The van der Waals surface area contributed by atoms with Crippen LogP contribution in [0.3, 0.4) is 0 Å². The zero-order valence-electron chi connectivity index (χ0n) is 7.48. The molecule has 1 N–H and O–H groups in total. The van der Waals surface area contributed by atoms with Crippen molar-refractivity contribution in [3.05, 3.63) is 16.1 Å². The Morgan fingerprint density at radius 1 is 1.77 bits per heavy atom. The van der Waals surface area contributed by atoms with Crippen LogP contribution in [-0.2, 0) is 5.75 Å². The lowest BCUT2D eigenvalue weighted by atomic mass is 10.5. The van der Waals surface area contributed by atoms with E-state index in [-0.39, 0.29) is 5.69 Å². The monoisotopic (exact) mass is 217 g/mol. The molecule has 5 heteroatoms. The van der Waals surface area contributed by atoms with E-state index in [1.165, 1.54) is 11.3 Å². The van der Waals surface area contributed by atoms with Gasteiger partial charge >= 0.3 is 5.97 Å². The van der Waals surface area contributed by atoms with Gasteiger partial charge < -0.3 is 5.11 Å². The summed E-state index contributed by atoms with van der Waals surface area (Å²) in [6, 6.07) is 0. The second-order valence-electron chi connectivity index (χ2n) is 2.79. The Morgan fingerprint density at radius 3 is 2.92 bits per heavy atom. The van der Waals surface area contributed by atoms with Gasteiger partial charge in [0.05, 0.1) is 0 Å². The fraction of sp³-hybridized carbons (Fsp3) is 0.500. The van der Waals surface area contributed by atoms with Gasteiger partial charge in [-0.2, -0.15) is 11.8 Å².